The summed E-state index contributed by atoms with van der Waals surface area (Å²) in [6, 6.07) is 9.75. The third kappa shape index (κ3) is 4.77. The molecule has 3 heterocycles. The molecular weight excluding hydrogens is 431 g/mol. The molecule has 4 rings (SSSR count). The van der Waals surface area contributed by atoms with Gasteiger partial charge in [0.15, 0.2) is 0 Å². The number of amides is 1. The van der Waals surface area contributed by atoms with E-state index in [2.05, 4.69) is 15.0 Å². The Morgan fingerprint density at radius 2 is 1.71 bits per heavy atom. The van der Waals surface area contributed by atoms with Crippen molar-refractivity contribution >= 4 is 23.5 Å². The standard InChI is InChI=1S/C21H17ClF3N5O/c22-18-13-15(4-6-26-18)19(31)29-8-10-30(11-9-29)20-27-7-5-17(28-20)14-2-1-3-16(12-14)21(23,24)25/h1-7,12-13H,8-11H2. The lowest BCUT2D eigenvalue weighted by molar-refractivity contribution is -0.137. The third-order valence-corrected chi connectivity index (χ3v) is 5.16. The van der Waals surface area contributed by atoms with Gasteiger partial charge in [-0.25, -0.2) is 15.0 Å². The van der Waals surface area contributed by atoms with E-state index in [1.54, 1.807) is 23.1 Å². The zero-order chi connectivity index (χ0) is 22.0. The Kier molecular flexibility index (Phi) is 5.77. The van der Waals surface area contributed by atoms with Crippen LogP contribution >= 0.6 is 11.6 Å². The van der Waals surface area contributed by atoms with E-state index in [0.717, 1.165) is 12.1 Å². The molecule has 10 heteroatoms. The minimum absolute atomic E-state index is 0.136. The molecule has 1 aliphatic heterocycles. The molecule has 0 radical (unpaired) electrons. The lowest BCUT2D eigenvalue weighted by Crippen LogP contribution is -2.49. The van der Waals surface area contributed by atoms with Crippen LogP contribution in [-0.4, -0.2) is 51.9 Å². The first-order valence-electron chi connectivity index (χ1n) is 9.48. The molecule has 0 saturated carbocycles. The van der Waals surface area contributed by atoms with E-state index in [0.29, 0.717) is 48.9 Å². The number of halogens is 4. The summed E-state index contributed by atoms with van der Waals surface area (Å²) in [5.74, 6) is 0.275. The van der Waals surface area contributed by atoms with Crippen LogP contribution in [0.15, 0.2) is 54.9 Å². The summed E-state index contributed by atoms with van der Waals surface area (Å²) in [5, 5.41) is 0.254. The smallest absolute Gasteiger partial charge is 0.337 e. The molecule has 31 heavy (non-hydrogen) atoms. The Bertz CT molecular complexity index is 1100. The van der Waals surface area contributed by atoms with Crippen LogP contribution in [0.25, 0.3) is 11.3 Å². The van der Waals surface area contributed by atoms with Gasteiger partial charge in [0.2, 0.25) is 5.95 Å². The highest BCUT2D eigenvalue weighted by Gasteiger charge is 2.30. The normalized spacial score (nSPS) is 14.6. The number of nitrogens with zero attached hydrogens (tertiary/aromatic N) is 5. The Morgan fingerprint density at radius 1 is 0.968 bits per heavy atom. The van der Waals surface area contributed by atoms with Crippen molar-refractivity contribution in [1.29, 1.82) is 0 Å². The van der Waals surface area contributed by atoms with Crippen LogP contribution in [0.5, 0.6) is 0 Å². The number of anilines is 1. The summed E-state index contributed by atoms with van der Waals surface area (Å²) in [7, 11) is 0. The molecule has 1 saturated heterocycles. The first-order chi connectivity index (χ1) is 14.8. The Balaban J connectivity index is 1.47. The third-order valence-electron chi connectivity index (χ3n) is 4.95. The van der Waals surface area contributed by atoms with Gasteiger partial charge in [0.1, 0.15) is 5.15 Å². The van der Waals surface area contributed by atoms with Gasteiger partial charge in [0.25, 0.3) is 5.91 Å². The maximum absolute atomic E-state index is 13.0. The van der Waals surface area contributed by atoms with Crippen LogP contribution in [0.1, 0.15) is 15.9 Å². The second-order valence-electron chi connectivity index (χ2n) is 6.97. The van der Waals surface area contributed by atoms with Crippen molar-refractivity contribution in [2.75, 3.05) is 31.1 Å². The van der Waals surface area contributed by atoms with Gasteiger partial charge in [0, 0.05) is 49.7 Å². The minimum Gasteiger partial charge on any atom is -0.337 e. The summed E-state index contributed by atoms with van der Waals surface area (Å²) in [6.45, 7) is 1.90. The van der Waals surface area contributed by atoms with E-state index in [4.69, 9.17) is 11.6 Å². The van der Waals surface area contributed by atoms with Gasteiger partial charge in [-0.15, -0.1) is 0 Å². The molecule has 160 valence electrons. The molecule has 3 aromatic rings. The van der Waals surface area contributed by atoms with Gasteiger partial charge >= 0.3 is 6.18 Å². The van der Waals surface area contributed by atoms with Gasteiger partial charge in [0.05, 0.1) is 11.3 Å². The predicted octanol–water partition coefficient (Wildman–Crippen LogP) is 4.17. The molecule has 0 aliphatic carbocycles. The second-order valence-corrected chi connectivity index (χ2v) is 7.35. The van der Waals surface area contributed by atoms with Crippen LogP contribution in [0.2, 0.25) is 5.15 Å². The average molecular weight is 448 g/mol. The average Bonchev–Trinajstić information content (AvgIpc) is 2.78. The van der Waals surface area contributed by atoms with Crippen molar-refractivity contribution < 1.29 is 18.0 Å². The van der Waals surface area contributed by atoms with Crippen LogP contribution in [0.3, 0.4) is 0 Å². The number of benzene rings is 1. The first-order valence-corrected chi connectivity index (χ1v) is 9.85. The summed E-state index contributed by atoms with van der Waals surface area (Å²) in [6.07, 6.45) is -1.42. The molecular formula is C21H17ClF3N5O. The van der Waals surface area contributed by atoms with Crippen molar-refractivity contribution in [3.63, 3.8) is 0 Å². The van der Waals surface area contributed by atoms with E-state index < -0.39 is 11.7 Å². The molecule has 2 aromatic heterocycles. The second kappa shape index (κ2) is 8.50. The number of piperazine rings is 1. The zero-order valence-corrected chi connectivity index (χ0v) is 16.9. The van der Waals surface area contributed by atoms with Crippen LogP contribution in [0.4, 0.5) is 19.1 Å². The lowest BCUT2D eigenvalue weighted by atomic mass is 10.1. The van der Waals surface area contributed by atoms with Gasteiger partial charge in [-0.1, -0.05) is 23.7 Å². The predicted molar refractivity (Wildman–Crippen MR) is 110 cm³/mol. The largest absolute Gasteiger partial charge is 0.416 e. The maximum atomic E-state index is 13.0. The number of pyridine rings is 1. The molecule has 1 aliphatic rings. The molecule has 1 fully saturated rings. The molecule has 0 unspecified atom stereocenters. The van der Waals surface area contributed by atoms with E-state index >= 15 is 0 Å². The van der Waals surface area contributed by atoms with E-state index in [-0.39, 0.29) is 11.1 Å². The Morgan fingerprint density at radius 3 is 2.42 bits per heavy atom. The highest BCUT2D eigenvalue weighted by molar-refractivity contribution is 6.29. The van der Waals surface area contributed by atoms with Gasteiger partial charge in [-0.2, -0.15) is 13.2 Å². The van der Waals surface area contributed by atoms with E-state index in [1.165, 1.54) is 24.5 Å². The van der Waals surface area contributed by atoms with Crippen molar-refractivity contribution in [2.24, 2.45) is 0 Å². The number of carbonyl (C=O) groups is 1. The van der Waals surface area contributed by atoms with Gasteiger partial charge < -0.3 is 9.80 Å². The van der Waals surface area contributed by atoms with Crippen molar-refractivity contribution in [1.82, 2.24) is 19.9 Å². The number of aromatic nitrogens is 3. The maximum Gasteiger partial charge on any atom is 0.416 e. The molecule has 0 atom stereocenters. The molecule has 6 nitrogen and oxygen atoms in total. The quantitative estimate of drug-likeness (QED) is 0.564. The summed E-state index contributed by atoms with van der Waals surface area (Å²) in [5.41, 5.74) is 0.507. The first kappa shape index (κ1) is 21.0. The van der Waals surface area contributed by atoms with E-state index in [9.17, 15) is 18.0 Å². The molecule has 0 spiro atoms. The number of carbonyl (C=O) groups excluding carboxylic acids is 1. The van der Waals surface area contributed by atoms with E-state index in [1.807, 2.05) is 4.90 Å². The fraction of sp³-hybridized carbons (Fsp3) is 0.238. The summed E-state index contributed by atoms with van der Waals surface area (Å²) >= 11 is 5.86. The number of alkyl halides is 3. The van der Waals surface area contributed by atoms with Gasteiger partial charge in [-0.05, 0) is 30.3 Å². The van der Waals surface area contributed by atoms with Gasteiger partial charge in [-0.3, -0.25) is 4.79 Å². The fourth-order valence-corrected chi connectivity index (χ4v) is 3.52. The van der Waals surface area contributed by atoms with Crippen molar-refractivity contribution in [3.8, 4) is 11.3 Å². The van der Waals surface area contributed by atoms with Crippen LogP contribution in [0, 0.1) is 0 Å². The topological polar surface area (TPSA) is 62.2 Å². The fourth-order valence-electron chi connectivity index (χ4n) is 3.34. The van der Waals surface area contributed by atoms with Crippen LogP contribution in [-0.2, 0) is 6.18 Å². The monoisotopic (exact) mass is 447 g/mol. The molecule has 1 aromatic carbocycles. The Labute approximate surface area is 181 Å². The molecule has 1 amide bonds. The number of hydrogen-bond acceptors (Lipinski definition) is 5. The molecule has 0 bridgehead atoms. The minimum atomic E-state index is -4.42. The summed E-state index contributed by atoms with van der Waals surface area (Å²) < 4.78 is 39.0. The van der Waals surface area contributed by atoms with Crippen molar-refractivity contribution in [2.45, 2.75) is 6.18 Å². The SMILES string of the molecule is O=C(c1ccnc(Cl)c1)N1CCN(c2nccc(-c3cccc(C(F)(F)F)c3)n2)CC1. The molecule has 0 N–H and O–H groups in total. The van der Waals surface area contributed by atoms with Crippen LogP contribution < -0.4 is 4.90 Å². The number of hydrogen-bond donors (Lipinski definition) is 0. The highest BCUT2D eigenvalue weighted by Crippen LogP contribution is 2.32. The number of rotatable bonds is 3. The highest BCUT2D eigenvalue weighted by atomic mass is 35.5. The lowest BCUT2D eigenvalue weighted by Gasteiger charge is -2.34. The van der Waals surface area contributed by atoms with Crippen molar-refractivity contribution in [3.05, 3.63) is 71.1 Å². The Hall–Kier alpha value is -3.20. The summed E-state index contributed by atoms with van der Waals surface area (Å²) in [4.78, 5) is 28.8. The zero-order valence-electron chi connectivity index (χ0n) is 16.2.